The van der Waals surface area contributed by atoms with Crippen molar-refractivity contribution in [1.82, 2.24) is 9.62 Å². The van der Waals surface area contributed by atoms with Gasteiger partial charge in [0.2, 0.25) is 10.0 Å². The summed E-state index contributed by atoms with van der Waals surface area (Å²) in [6.45, 7) is 1.26. The maximum Gasteiger partial charge on any atom is 0.243 e. The second-order valence-corrected chi connectivity index (χ2v) is 10.6. The van der Waals surface area contributed by atoms with Crippen molar-refractivity contribution in [2.24, 2.45) is 0 Å². The van der Waals surface area contributed by atoms with Gasteiger partial charge in [-0.3, -0.25) is 4.79 Å². The van der Waals surface area contributed by atoms with Crippen LogP contribution in [0.2, 0.25) is 0 Å². The number of rotatable bonds is 6. The summed E-state index contributed by atoms with van der Waals surface area (Å²) < 4.78 is 54.8. The summed E-state index contributed by atoms with van der Waals surface area (Å²) in [4.78, 5) is 12.5. The summed E-state index contributed by atoms with van der Waals surface area (Å²) in [5.41, 5.74) is 0.285. The van der Waals surface area contributed by atoms with Crippen LogP contribution in [0.15, 0.2) is 29.2 Å². The zero-order valence-electron chi connectivity index (χ0n) is 14.3. The topological polar surface area (TPSA) is 110 Å². The molecule has 0 aromatic heterocycles. The summed E-state index contributed by atoms with van der Waals surface area (Å²) in [5, 5.41) is 2.95. The Balaban J connectivity index is 1.67. The predicted molar refractivity (Wildman–Crippen MR) is 95.4 cm³/mol. The lowest BCUT2D eigenvalue weighted by molar-refractivity contribution is 0.0730. The van der Waals surface area contributed by atoms with Crippen molar-refractivity contribution >= 4 is 25.6 Å². The van der Waals surface area contributed by atoms with E-state index >= 15 is 0 Å². The number of nitrogens with one attached hydrogen (secondary N) is 1. The van der Waals surface area contributed by atoms with E-state index in [2.05, 4.69) is 5.32 Å². The Kier molecular flexibility index (Phi) is 5.78. The number of sulfone groups is 1. The van der Waals surface area contributed by atoms with Crippen molar-refractivity contribution in [3.63, 3.8) is 0 Å². The molecule has 2 aliphatic heterocycles. The Labute approximate surface area is 153 Å². The zero-order valence-corrected chi connectivity index (χ0v) is 15.9. The van der Waals surface area contributed by atoms with Crippen LogP contribution in [0.5, 0.6) is 0 Å². The number of ether oxygens (including phenoxy) is 1. The highest BCUT2D eigenvalue weighted by atomic mass is 32.2. The van der Waals surface area contributed by atoms with Gasteiger partial charge in [-0.2, -0.15) is 4.31 Å². The van der Waals surface area contributed by atoms with Crippen LogP contribution in [0, 0.1) is 0 Å². The molecule has 1 aromatic rings. The molecule has 1 N–H and O–H groups in total. The van der Waals surface area contributed by atoms with Gasteiger partial charge in [-0.25, -0.2) is 16.8 Å². The molecule has 2 aliphatic rings. The summed E-state index contributed by atoms with van der Waals surface area (Å²) >= 11 is 0. The van der Waals surface area contributed by atoms with Crippen LogP contribution in [0.4, 0.5) is 0 Å². The van der Waals surface area contributed by atoms with Crippen LogP contribution in [0.3, 0.4) is 0 Å². The second kappa shape index (κ2) is 7.73. The van der Waals surface area contributed by atoms with Crippen molar-refractivity contribution < 1.29 is 26.4 Å². The van der Waals surface area contributed by atoms with E-state index in [4.69, 9.17) is 4.74 Å². The number of sulfonamides is 1. The molecule has 8 nitrogen and oxygen atoms in total. The van der Waals surface area contributed by atoms with E-state index in [1.54, 1.807) is 12.1 Å². The molecule has 10 heteroatoms. The van der Waals surface area contributed by atoms with E-state index in [9.17, 15) is 21.6 Å². The first-order chi connectivity index (χ1) is 12.3. The number of hydrogen-bond acceptors (Lipinski definition) is 7. The standard InChI is InChI=1S/C16H22N2O6S2/c19-16(11-17-14-4-9-25(20,21)12-14)13-2-1-3-15(10-13)26(22,23)18-5-7-24-8-6-18/h1-3,10,14,17H,4-9,11-12H2. The molecular weight excluding hydrogens is 380 g/mol. The first-order valence-electron chi connectivity index (χ1n) is 8.43. The third-order valence-electron chi connectivity index (χ3n) is 4.55. The van der Waals surface area contributed by atoms with Crippen molar-refractivity contribution in [2.45, 2.75) is 17.4 Å². The fourth-order valence-corrected chi connectivity index (χ4v) is 6.22. The molecule has 0 bridgehead atoms. The molecule has 3 rings (SSSR count). The van der Waals surface area contributed by atoms with E-state index in [0.29, 0.717) is 19.6 Å². The van der Waals surface area contributed by atoms with E-state index in [-0.39, 0.29) is 53.4 Å². The summed E-state index contributed by atoms with van der Waals surface area (Å²) in [7, 11) is -6.68. The average Bonchev–Trinajstić information content (AvgIpc) is 2.99. The lowest BCUT2D eigenvalue weighted by Gasteiger charge is -2.26. The minimum absolute atomic E-state index is 0.0265. The number of nitrogens with zero attached hydrogens (tertiary/aromatic N) is 1. The number of benzene rings is 1. The van der Waals surface area contributed by atoms with Gasteiger partial charge in [-0.1, -0.05) is 12.1 Å². The van der Waals surface area contributed by atoms with Crippen LogP contribution < -0.4 is 5.32 Å². The van der Waals surface area contributed by atoms with Gasteiger partial charge in [0, 0.05) is 24.7 Å². The van der Waals surface area contributed by atoms with Gasteiger partial charge in [-0.05, 0) is 18.6 Å². The van der Waals surface area contributed by atoms with Crippen molar-refractivity contribution in [3.8, 4) is 0 Å². The Bertz CT molecular complexity index is 876. The van der Waals surface area contributed by atoms with Crippen LogP contribution in [-0.4, -0.2) is 77.3 Å². The molecular formula is C16H22N2O6S2. The van der Waals surface area contributed by atoms with E-state index in [1.807, 2.05) is 0 Å². The fourth-order valence-electron chi connectivity index (χ4n) is 3.06. The lowest BCUT2D eigenvalue weighted by atomic mass is 10.1. The molecule has 0 amide bonds. The van der Waals surface area contributed by atoms with Crippen LogP contribution in [-0.2, 0) is 24.6 Å². The molecule has 144 valence electrons. The fraction of sp³-hybridized carbons (Fsp3) is 0.562. The Morgan fingerprint density at radius 2 is 2.00 bits per heavy atom. The third-order valence-corrected chi connectivity index (χ3v) is 8.21. The molecule has 0 saturated carbocycles. The van der Waals surface area contributed by atoms with Gasteiger partial charge >= 0.3 is 0 Å². The maximum atomic E-state index is 12.7. The molecule has 26 heavy (non-hydrogen) atoms. The van der Waals surface area contributed by atoms with Crippen molar-refractivity contribution in [3.05, 3.63) is 29.8 Å². The molecule has 1 unspecified atom stereocenters. The van der Waals surface area contributed by atoms with Gasteiger partial charge < -0.3 is 10.1 Å². The normalized spacial score (nSPS) is 23.8. The van der Waals surface area contributed by atoms with E-state index < -0.39 is 19.9 Å². The third kappa shape index (κ3) is 4.49. The molecule has 2 saturated heterocycles. The molecule has 2 fully saturated rings. The number of hydrogen-bond donors (Lipinski definition) is 1. The van der Waals surface area contributed by atoms with Gasteiger partial charge in [-0.15, -0.1) is 0 Å². The molecule has 0 aliphatic carbocycles. The molecule has 1 aromatic carbocycles. The van der Waals surface area contributed by atoms with Gasteiger partial charge in [0.05, 0.1) is 36.2 Å². The minimum atomic E-state index is -3.66. The second-order valence-electron chi connectivity index (χ2n) is 6.45. The largest absolute Gasteiger partial charge is 0.379 e. The van der Waals surface area contributed by atoms with Crippen molar-refractivity contribution in [2.75, 3.05) is 44.4 Å². The predicted octanol–water partition coefficient (Wildman–Crippen LogP) is -0.333. The summed E-state index contributed by atoms with van der Waals surface area (Å²) in [6.07, 6.45) is 0.487. The van der Waals surface area contributed by atoms with Crippen LogP contribution in [0.1, 0.15) is 16.8 Å². The minimum Gasteiger partial charge on any atom is -0.379 e. The highest BCUT2D eigenvalue weighted by Crippen LogP contribution is 2.19. The van der Waals surface area contributed by atoms with E-state index in [0.717, 1.165) is 0 Å². The molecule has 2 heterocycles. The van der Waals surface area contributed by atoms with Gasteiger partial charge in [0.1, 0.15) is 0 Å². The first kappa shape index (κ1) is 19.4. The smallest absolute Gasteiger partial charge is 0.243 e. The lowest BCUT2D eigenvalue weighted by Crippen LogP contribution is -2.40. The van der Waals surface area contributed by atoms with Crippen molar-refractivity contribution in [1.29, 1.82) is 0 Å². The molecule has 0 radical (unpaired) electrons. The zero-order chi connectivity index (χ0) is 18.8. The van der Waals surface area contributed by atoms with Gasteiger partial charge in [0.25, 0.3) is 0 Å². The van der Waals surface area contributed by atoms with Crippen LogP contribution in [0.25, 0.3) is 0 Å². The maximum absolute atomic E-state index is 12.7. The number of Topliss-reactive ketones (excluding diaryl/α,β-unsaturated/α-hetero) is 1. The first-order valence-corrected chi connectivity index (χ1v) is 11.7. The summed E-state index contributed by atoms with van der Waals surface area (Å²) in [5.74, 6) is -0.106. The quantitative estimate of drug-likeness (QED) is 0.649. The van der Waals surface area contributed by atoms with Gasteiger partial charge in [0.15, 0.2) is 15.6 Å². The Morgan fingerprint density at radius 3 is 2.65 bits per heavy atom. The SMILES string of the molecule is O=C(CNC1CCS(=O)(=O)C1)c1cccc(S(=O)(=O)N2CCOCC2)c1. The number of morpholine rings is 1. The number of carbonyl (C=O) groups excluding carboxylic acids is 1. The average molecular weight is 402 g/mol. The highest BCUT2D eigenvalue weighted by Gasteiger charge is 2.29. The Morgan fingerprint density at radius 1 is 1.27 bits per heavy atom. The monoisotopic (exact) mass is 402 g/mol. The highest BCUT2D eigenvalue weighted by molar-refractivity contribution is 7.91. The van der Waals surface area contributed by atoms with Crippen LogP contribution >= 0.6 is 0 Å². The molecule has 1 atom stereocenters. The summed E-state index contributed by atoms with van der Waals surface area (Å²) in [6, 6.07) is 5.72. The Hall–Kier alpha value is -1.33. The van der Waals surface area contributed by atoms with E-state index in [1.165, 1.54) is 16.4 Å². The number of carbonyl (C=O) groups is 1. The molecule has 0 spiro atoms. The number of ketones is 1.